The molecule has 0 radical (unpaired) electrons. The van der Waals surface area contributed by atoms with Gasteiger partial charge in [-0.3, -0.25) is 9.69 Å². The number of nitrogens with zero attached hydrogens (tertiary/aromatic N) is 2. The van der Waals surface area contributed by atoms with E-state index in [1.165, 1.54) is 70.6 Å². The Hall–Kier alpha value is -1.10. The number of rotatable bonds is 9. The van der Waals surface area contributed by atoms with Gasteiger partial charge >= 0.3 is 0 Å². The minimum Gasteiger partial charge on any atom is -0.369 e. The van der Waals surface area contributed by atoms with Crippen LogP contribution in [-0.2, 0) is 4.79 Å². The molecule has 0 bridgehead atoms. The Balaban J connectivity index is 1.63. The van der Waals surface area contributed by atoms with E-state index in [9.17, 15) is 4.79 Å². The monoisotopic (exact) mass is 390 g/mol. The average molecular weight is 391 g/mol. The molecule has 2 fully saturated rings. The summed E-state index contributed by atoms with van der Waals surface area (Å²) in [6.45, 7) is 3.36. The molecule has 2 aliphatic carbocycles. The molecule has 3 rings (SSSR count). The number of hydrogen-bond acceptors (Lipinski definition) is 4. The van der Waals surface area contributed by atoms with Gasteiger partial charge in [-0.25, -0.2) is 4.99 Å². The van der Waals surface area contributed by atoms with Crippen LogP contribution in [0.2, 0.25) is 0 Å². The van der Waals surface area contributed by atoms with E-state index in [4.69, 9.17) is 10.7 Å². The molecule has 1 aliphatic heterocycles. The molecule has 5 heteroatoms. The highest BCUT2D eigenvalue weighted by Crippen LogP contribution is 2.40. The molecule has 3 atom stereocenters. The second-order valence-corrected chi connectivity index (χ2v) is 9.65. The van der Waals surface area contributed by atoms with Crippen LogP contribution >= 0.6 is 0 Å². The first-order valence-electron chi connectivity index (χ1n) is 11.9. The lowest BCUT2D eigenvalue weighted by Gasteiger charge is -2.35. The van der Waals surface area contributed by atoms with E-state index in [1.807, 2.05) is 0 Å². The van der Waals surface area contributed by atoms with E-state index >= 15 is 0 Å². The SMILES string of the molecule is CCCCN[C@@H]1CCC[C@H](C[C@@]2(CCC3CCCCC3)N=C(N)N(C)C2=O)C1. The Labute approximate surface area is 171 Å². The van der Waals surface area contributed by atoms with Gasteiger partial charge in [0.05, 0.1) is 0 Å². The first kappa shape index (κ1) is 21.6. The lowest BCUT2D eigenvalue weighted by Crippen LogP contribution is -2.45. The number of nitrogens with one attached hydrogen (secondary N) is 1. The second kappa shape index (κ2) is 10.1. The van der Waals surface area contributed by atoms with Gasteiger partial charge in [-0.1, -0.05) is 58.3 Å². The number of carbonyl (C=O) groups is 1. The molecule has 5 nitrogen and oxygen atoms in total. The molecular weight excluding hydrogens is 348 g/mol. The highest BCUT2D eigenvalue weighted by Gasteiger charge is 2.47. The molecule has 0 unspecified atom stereocenters. The van der Waals surface area contributed by atoms with E-state index in [0.717, 1.165) is 31.7 Å². The van der Waals surface area contributed by atoms with Crippen LogP contribution in [0.15, 0.2) is 4.99 Å². The Morgan fingerprint density at radius 3 is 2.57 bits per heavy atom. The van der Waals surface area contributed by atoms with Crippen molar-refractivity contribution in [1.82, 2.24) is 10.2 Å². The predicted octanol–water partition coefficient (Wildman–Crippen LogP) is 4.21. The molecule has 2 saturated carbocycles. The van der Waals surface area contributed by atoms with E-state index in [1.54, 1.807) is 11.9 Å². The number of carbonyl (C=O) groups excluding carboxylic acids is 1. The summed E-state index contributed by atoms with van der Waals surface area (Å²) in [6.07, 6.45) is 17.0. The summed E-state index contributed by atoms with van der Waals surface area (Å²) in [5, 5.41) is 3.75. The van der Waals surface area contributed by atoms with Crippen LogP contribution in [0.1, 0.15) is 96.8 Å². The smallest absolute Gasteiger partial charge is 0.257 e. The molecule has 3 N–H and O–H groups in total. The van der Waals surface area contributed by atoms with Gasteiger partial charge in [0.1, 0.15) is 5.54 Å². The number of likely N-dealkylation sites (N-methyl/N-ethyl adjacent to an activating group) is 1. The maximum Gasteiger partial charge on any atom is 0.257 e. The van der Waals surface area contributed by atoms with Crippen molar-refractivity contribution < 1.29 is 4.79 Å². The zero-order chi connectivity index (χ0) is 20.0. The third kappa shape index (κ3) is 5.28. The maximum atomic E-state index is 13.2. The summed E-state index contributed by atoms with van der Waals surface area (Å²) >= 11 is 0. The van der Waals surface area contributed by atoms with Crippen LogP contribution < -0.4 is 11.1 Å². The van der Waals surface area contributed by atoms with Crippen molar-refractivity contribution in [3.05, 3.63) is 0 Å². The van der Waals surface area contributed by atoms with Gasteiger partial charge in [-0.2, -0.15) is 0 Å². The van der Waals surface area contributed by atoms with Crippen LogP contribution in [0.25, 0.3) is 0 Å². The Morgan fingerprint density at radius 1 is 1.14 bits per heavy atom. The fourth-order valence-electron chi connectivity index (χ4n) is 5.70. The molecule has 3 aliphatic rings. The first-order valence-corrected chi connectivity index (χ1v) is 11.9. The zero-order valence-corrected chi connectivity index (χ0v) is 18.2. The third-order valence-electron chi connectivity index (χ3n) is 7.44. The highest BCUT2D eigenvalue weighted by atomic mass is 16.2. The molecular formula is C23H42N4O. The predicted molar refractivity (Wildman–Crippen MR) is 116 cm³/mol. The van der Waals surface area contributed by atoms with Crippen LogP contribution in [0.4, 0.5) is 0 Å². The standard InChI is InChI=1S/C23H42N4O/c1-3-4-15-25-20-12-8-11-19(16-20)17-23(21(28)27(2)22(24)26-23)14-13-18-9-6-5-7-10-18/h18-20,25H,3-17H2,1-2H3,(H2,24,26)/t19-,20+,23+/m0/s1. The molecule has 1 amide bonds. The number of unbranched alkanes of at least 4 members (excludes halogenated alkanes) is 1. The Morgan fingerprint density at radius 2 is 1.89 bits per heavy atom. The van der Waals surface area contributed by atoms with Gasteiger partial charge in [-0.05, 0) is 56.9 Å². The summed E-state index contributed by atoms with van der Waals surface area (Å²) in [5.41, 5.74) is 5.52. The average Bonchev–Trinajstić information content (AvgIpc) is 2.92. The van der Waals surface area contributed by atoms with Gasteiger partial charge in [0, 0.05) is 13.1 Å². The van der Waals surface area contributed by atoms with Crippen molar-refractivity contribution in [2.24, 2.45) is 22.6 Å². The third-order valence-corrected chi connectivity index (χ3v) is 7.44. The van der Waals surface area contributed by atoms with Crippen LogP contribution in [0.5, 0.6) is 0 Å². The van der Waals surface area contributed by atoms with Crippen molar-refractivity contribution in [3.8, 4) is 0 Å². The van der Waals surface area contributed by atoms with Gasteiger partial charge < -0.3 is 11.1 Å². The van der Waals surface area contributed by atoms with Crippen LogP contribution in [-0.4, -0.2) is 41.9 Å². The highest BCUT2D eigenvalue weighted by molar-refractivity contribution is 6.06. The lowest BCUT2D eigenvalue weighted by molar-refractivity contribution is -0.131. The Bertz CT molecular complexity index is 543. The van der Waals surface area contributed by atoms with Crippen molar-refractivity contribution in [1.29, 1.82) is 0 Å². The zero-order valence-electron chi connectivity index (χ0n) is 18.2. The van der Waals surface area contributed by atoms with Gasteiger partial charge in [0.15, 0.2) is 5.96 Å². The molecule has 0 aromatic rings. The maximum absolute atomic E-state index is 13.2. The Kier molecular flexibility index (Phi) is 7.78. The molecule has 0 aromatic heterocycles. The largest absolute Gasteiger partial charge is 0.369 e. The van der Waals surface area contributed by atoms with Crippen LogP contribution in [0, 0.1) is 11.8 Å². The van der Waals surface area contributed by atoms with E-state index in [2.05, 4.69) is 12.2 Å². The molecule has 160 valence electrons. The molecule has 28 heavy (non-hydrogen) atoms. The molecule has 0 aromatic carbocycles. The summed E-state index contributed by atoms with van der Waals surface area (Å²) in [4.78, 5) is 19.6. The van der Waals surface area contributed by atoms with Gasteiger partial charge in [-0.15, -0.1) is 0 Å². The fraction of sp³-hybridized carbons (Fsp3) is 0.913. The van der Waals surface area contributed by atoms with E-state index in [-0.39, 0.29) is 5.91 Å². The summed E-state index contributed by atoms with van der Waals surface area (Å²) in [6, 6.07) is 0.608. The van der Waals surface area contributed by atoms with Crippen molar-refractivity contribution in [2.75, 3.05) is 13.6 Å². The minimum atomic E-state index is -0.591. The number of nitrogens with two attached hydrogens (primary N) is 1. The number of hydrogen-bond donors (Lipinski definition) is 2. The van der Waals surface area contributed by atoms with Crippen molar-refractivity contribution in [2.45, 2.75) is 108 Å². The normalized spacial score (nSPS) is 32.0. The second-order valence-electron chi connectivity index (χ2n) is 9.65. The lowest BCUT2D eigenvalue weighted by atomic mass is 9.74. The van der Waals surface area contributed by atoms with E-state index < -0.39 is 5.54 Å². The van der Waals surface area contributed by atoms with Crippen LogP contribution in [0.3, 0.4) is 0 Å². The van der Waals surface area contributed by atoms with Gasteiger partial charge in [0.2, 0.25) is 0 Å². The molecule has 0 spiro atoms. The molecule has 0 saturated heterocycles. The summed E-state index contributed by atoms with van der Waals surface area (Å²) < 4.78 is 0. The minimum absolute atomic E-state index is 0.141. The fourth-order valence-corrected chi connectivity index (χ4v) is 5.70. The van der Waals surface area contributed by atoms with Gasteiger partial charge in [0.25, 0.3) is 5.91 Å². The number of guanidine groups is 1. The number of aliphatic imine (C=N–C) groups is 1. The van der Waals surface area contributed by atoms with Crippen molar-refractivity contribution >= 4 is 11.9 Å². The summed E-state index contributed by atoms with van der Waals surface area (Å²) in [7, 11) is 1.79. The van der Waals surface area contributed by atoms with Crippen molar-refractivity contribution in [3.63, 3.8) is 0 Å². The topological polar surface area (TPSA) is 70.7 Å². The summed E-state index contributed by atoms with van der Waals surface area (Å²) in [5.74, 6) is 1.91. The number of amides is 1. The van der Waals surface area contributed by atoms with E-state index in [0.29, 0.717) is 17.9 Å². The molecule has 1 heterocycles. The quantitative estimate of drug-likeness (QED) is 0.579. The first-order chi connectivity index (χ1) is 13.5.